The van der Waals surface area contributed by atoms with Crippen LogP contribution < -0.4 is 0 Å². The Labute approximate surface area is 76.5 Å². The zero-order valence-electron chi connectivity index (χ0n) is 7.29. The molecule has 1 aromatic carbocycles. The maximum atomic E-state index is 13.0. The highest BCUT2D eigenvalue weighted by Gasteiger charge is 2.57. The second-order valence-electron chi connectivity index (χ2n) is 3.96. The zero-order chi connectivity index (χ0) is 8.89. The van der Waals surface area contributed by atoms with Crippen molar-refractivity contribution >= 4 is 0 Å². The highest BCUT2D eigenvalue weighted by molar-refractivity contribution is 5.30. The van der Waals surface area contributed by atoms with Gasteiger partial charge in [0.1, 0.15) is 11.4 Å². The largest absolute Gasteiger partial charge is 0.364 e. The molecule has 68 valence electrons. The molecule has 0 amide bonds. The van der Waals surface area contributed by atoms with E-state index < -0.39 is 0 Å². The molecule has 1 saturated carbocycles. The average Bonchev–Trinajstić information content (AvgIpc) is 2.99. The van der Waals surface area contributed by atoms with Gasteiger partial charge in [-0.25, -0.2) is 4.39 Å². The van der Waals surface area contributed by atoms with Crippen molar-refractivity contribution in [2.24, 2.45) is 5.92 Å². The van der Waals surface area contributed by atoms with E-state index in [-0.39, 0.29) is 11.4 Å². The van der Waals surface area contributed by atoms with E-state index in [0.717, 1.165) is 12.2 Å². The van der Waals surface area contributed by atoms with Crippen LogP contribution in [-0.4, -0.2) is 6.61 Å². The van der Waals surface area contributed by atoms with Crippen molar-refractivity contribution in [1.29, 1.82) is 0 Å². The molecule has 13 heavy (non-hydrogen) atoms. The van der Waals surface area contributed by atoms with Gasteiger partial charge in [-0.3, -0.25) is 0 Å². The summed E-state index contributed by atoms with van der Waals surface area (Å²) in [5.74, 6) is 0.488. The second kappa shape index (κ2) is 2.32. The first-order valence-electron chi connectivity index (χ1n) is 4.71. The second-order valence-corrected chi connectivity index (χ2v) is 3.96. The molecule has 1 nitrogen and oxygen atoms in total. The third-order valence-electron chi connectivity index (χ3n) is 3.01. The zero-order valence-corrected chi connectivity index (χ0v) is 7.29. The van der Waals surface area contributed by atoms with E-state index in [1.807, 2.05) is 6.07 Å². The summed E-state index contributed by atoms with van der Waals surface area (Å²) in [6.45, 7) is 0.779. The maximum absolute atomic E-state index is 13.0. The van der Waals surface area contributed by atoms with Crippen LogP contribution in [0.3, 0.4) is 0 Å². The van der Waals surface area contributed by atoms with Crippen LogP contribution in [0.25, 0.3) is 0 Å². The Kier molecular flexibility index (Phi) is 1.34. The number of ether oxygens (including phenoxy) is 1. The SMILES string of the molecule is Fc1cccc(C2(C3CC3)CO2)c1. The molecule has 0 aromatic heterocycles. The average molecular weight is 178 g/mol. The third kappa shape index (κ3) is 1.09. The maximum Gasteiger partial charge on any atom is 0.123 e. The van der Waals surface area contributed by atoms with Gasteiger partial charge in [0, 0.05) is 0 Å². The molecule has 2 aliphatic rings. The molecule has 0 spiro atoms. The van der Waals surface area contributed by atoms with Gasteiger partial charge in [-0.1, -0.05) is 12.1 Å². The van der Waals surface area contributed by atoms with E-state index in [1.165, 1.54) is 18.9 Å². The summed E-state index contributed by atoms with van der Waals surface area (Å²) in [6, 6.07) is 6.81. The quantitative estimate of drug-likeness (QED) is 0.634. The van der Waals surface area contributed by atoms with Crippen LogP contribution in [0.1, 0.15) is 18.4 Å². The fourth-order valence-electron chi connectivity index (χ4n) is 2.02. The summed E-state index contributed by atoms with van der Waals surface area (Å²) in [6.07, 6.45) is 2.47. The van der Waals surface area contributed by atoms with Crippen molar-refractivity contribution in [2.45, 2.75) is 18.4 Å². The fraction of sp³-hybridized carbons (Fsp3) is 0.455. The number of benzene rings is 1. The Balaban J connectivity index is 1.99. The van der Waals surface area contributed by atoms with Crippen molar-refractivity contribution in [1.82, 2.24) is 0 Å². The standard InChI is InChI=1S/C11H11FO/c12-10-3-1-2-9(6-10)11(7-13-11)8-4-5-8/h1-3,6,8H,4-5,7H2. The van der Waals surface area contributed by atoms with Crippen molar-refractivity contribution in [3.63, 3.8) is 0 Å². The summed E-state index contributed by atoms with van der Waals surface area (Å²) in [7, 11) is 0. The normalized spacial score (nSPS) is 31.8. The van der Waals surface area contributed by atoms with Crippen molar-refractivity contribution < 1.29 is 9.13 Å². The molecule has 2 heteroatoms. The molecular weight excluding hydrogens is 167 g/mol. The topological polar surface area (TPSA) is 12.5 Å². The lowest BCUT2D eigenvalue weighted by Gasteiger charge is -2.10. The van der Waals surface area contributed by atoms with E-state index >= 15 is 0 Å². The van der Waals surface area contributed by atoms with Crippen molar-refractivity contribution in [3.05, 3.63) is 35.6 Å². The van der Waals surface area contributed by atoms with E-state index in [1.54, 1.807) is 12.1 Å². The highest BCUT2D eigenvalue weighted by Crippen LogP contribution is 2.56. The van der Waals surface area contributed by atoms with Gasteiger partial charge in [-0.2, -0.15) is 0 Å². The molecule has 3 rings (SSSR count). The van der Waals surface area contributed by atoms with Crippen LogP contribution in [0.2, 0.25) is 0 Å². The van der Waals surface area contributed by atoms with Crippen LogP contribution in [0.15, 0.2) is 24.3 Å². The molecule has 0 N–H and O–H groups in total. The molecule has 1 aliphatic heterocycles. The van der Waals surface area contributed by atoms with Crippen LogP contribution >= 0.6 is 0 Å². The lowest BCUT2D eigenvalue weighted by atomic mass is 9.95. The molecule has 0 bridgehead atoms. The van der Waals surface area contributed by atoms with Crippen LogP contribution in [-0.2, 0) is 10.3 Å². The first kappa shape index (κ1) is 7.51. The Morgan fingerprint density at radius 2 is 2.15 bits per heavy atom. The Hall–Kier alpha value is -0.890. The third-order valence-corrected chi connectivity index (χ3v) is 3.01. The molecular formula is C11H11FO. The lowest BCUT2D eigenvalue weighted by Crippen LogP contribution is -2.11. The number of halogens is 1. The molecule has 1 saturated heterocycles. The van der Waals surface area contributed by atoms with E-state index in [0.29, 0.717) is 5.92 Å². The van der Waals surface area contributed by atoms with E-state index in [9.17, 15) is 4.39 Å². The van der Waals surface area contributed by atoms with Crippen LogP contribution in [0.4, 0.5) is 4.39 Å². The minimum absolute atomic E-state index is 0.0951. The molecule has 0 radical (unpaired) electrons. The Morgan fingerprint density at radius 3 is 2.69 bits per heavy atom. The number of hydrogen-bond acceptors (Lipinski definition) is 1. The lowest BCUT2D eigenvalue weighted by molar-refractivity contribution is 0.278. The number of epoxide rings is 1. The summed E-state index contributed by atoms with van der Waals surface area (Å²) in [4.78, 5) is 0. The van der Waals surface area contributed by atoms with Crippen molar-refractivity contribution in [2.75, 3.05) is 6.61 Å². The predicted molar refractivity (Wildman–Crippen MR) is 46.8 cm³/mol. The summed E-state index contributed by atoms with van der Waals surface area (Å²) in [5, 5.41) is 0. The summed E-state index contributed by atoms with van der Waals surface area (Å²) >= 11 is 0. The Bertz CT molecular complexity index is 340. The van der Waals surface area contributed by atoms with Crippen LogP contribution in [0, 0.1) is 11.7 Å². The molecule has 1 unspecified atom stereocenters. The van der Waals surface area contributed by atoms with Gasteiger partial charge in [0.15, 0.2) is 0 Å². The molecule has 1 atom stereocenters. The molecule has 1 heterocycles. The minimum atomic E-state index is -0.159. The van der Waals surface area contributed by atoms with Gasteiger partial charge >= 0.3 is 0 Å². The summed E-state index contributed by atoms with van der Waals surface area (Å²) in [5.41, 5.74) is 0.928. The van der Waals surface area contributed by atoms with Gasteiger partial charge in [0.25, 0.3) is 0 Å². The van der Waals surface area contributed by atoms with Gasteiger partial charge in [0.05, 0.1) is 6.61 Å². The minimum Gasteiger partial charge on any atom is -0.364 e. The van der Waals surface area contributed by atoms with E-state index in [2.05, 4.69) is 0 Å². The summed E-state index contributed by atoms with van der Waals surface area (Å²) < 4.78 is 18.4. The van der Waals surface area contributed by atoms with Gasteiger partial charge < -0.3 is 4.74 Å². The number of rotatable bonds is 2. The van der Waals surface area contributed by atoms with Gasteiger partial charge in [0.2, 0.25) is 0 Å². The Morgan fingerprint density at radius 1 is 1.38 bits per heavy atom. The fourth-order valence-corrected chi connectivity index (χ4v) is 2.02. The van der Waals surface area contributed by atoms with Gasteiger partial charge in [-0.05, 0) is 36.5 Å². The highest BCUT2D eigenvalue weighted by atomic mass is 19.1. The van der Waals surface area contributed by atoms with E-state index in [4.69, 9.17) is 4.74 Å². The first-order valence-corrected chi connectivity index (χ1v) is 4.71. The predicted octanol–water partition coefficient (Wildman–Crippen LogP) is 2.46. The van der Waals surface area contributed by atoms with Crippen molar-refractivity contribution in [3.8, 4) is 0 Å². The van der Waals surface area contributed by atoms with Crippen LogP contribution in [0.5, 0.6) is 0 Å². The molecule has 1 aliphatic carbocycles. The van der Waals surface area contributed by atoms with Gasteiger partial charge in [-0.15, -0.1) is 0 Å². The smallest absolute Gasteiger partial charge is 0.123 e. The first-order chi connectivity index (χ1) is 6.31. The monoisotopic (exact) mass is 178 g/mol. The molecule has 2 fully saturated rings. The number of hydrogen-bond donors (Lipinski definition) is 0. The molecule has 1 aromatic rings.